The average molecular weight is 113 g/mol. The van der Waals surface area contributed by atoms with Crippen LogP contribution in [-0.4, -0.2) is 6.54 Å². The zero-order valence-electron chi connectivity index (χ0n) is 5.61. The van der Waals surface area contributed by atoms with Crippen LogP contribution in [-0.2, 0) is 0 Å². The fourth-order valence-electron chi connectivity index (χ4n) is 0.992. The van der Waals surface area contributed by atoms with E-state index in [0.29, 0.717) is 0 Å². The van der Waals surface area contributed by atoms with Crippen LogP contribution in [0.2, 0.25) is 0 Å². The van der Waals surface area contributed by atoms with Gasteiger partial charge in [0, 0.05) is 0 Å². The van der Waals surface area contributed by atoms with Crippen molar-refractivity contribution in [2.75, 3.05) is 6.54 Å². The minimum absolute atomic E-state index is 0.722. The van der Waals surface area contributed by atoms with Crippen LogP contribution in [0.15, 0.2) is 0 Å². The van der Waals surface area contributed by atoms with Gasteiger partial charge in [-0.15, -0.1) is 0 Å². The predicted molar refractivity (Wildman–Crippen MR) is 35.6 cm³/mol. The van der Waals surface area contributed by atoms with Crippen molar-refractivity contribution >= 4 is 0 Å². The molecule has 48 valence electrons. The highest BCUT2D eigenvalue weighted by Crippen LogP contribution is 2.48. The Morgan fingerprint density at radius 1 is 1.50 bits per heavy atom. The highest BCUT2D eigenvalue weighted by molar-refractivity contribution is 4.87. The summed E-state index contributed by atoms with van der Waals surface area (Å²) in [6.07, 6.45) is 5.44. The highest BCUT2D eigenvalue weighted by Gasteiger charge is 2.35. The van der Waals surface area contributed by atoms with Crippen LogP contribution in [0.3, 0.4) is 0 Å². The Balaban J connectivity index is 2.01. The smallest absolute Gasteiger partial charge is 0.00771 e. The molecule has 0 heterocycles. The first-order valence-corrected chi connectivity index (χ1v) is 3.47. The second kappa shape index (κ2) is 2.06. The molecule has 0 radical (unpaired) electrons. The standard InChI is InChI=1S/C7H15N/c1-7(4-5-7)3-2-6-8/h2-6,8H2,1H3. The number of hydrogen-bond donors (Lipinski definition) is 1. The number of rotatable bonds is 3. The first-order chi connectivity index (χ1) is 3.77. The van der Waals surface area contributed by atoms with Crippen LogP contribution in [0, 0.1) is 5.41 Å². The van der Waals surface area contributed by atoms with Gasteiger partial charge in [-0.25, -0.2) is 0 Å². The fraction of sp³-hybridized carbons (Fsp3) is 1.00. The Kier molecular flexibility index (Phi) is 1.57. The molecule has 0 bridgehead atoms. The van der Waals surface area contributed by atoms with Gasteiger partial charge in [0.15, 0.2) is 0 Å². The molecule has 2 N–H and O–H groups in total. The fourth-order valence-corrected chi connectivity index (χ4v) is 0.992. The third kappa shape index (κ3) is 1.48. The topological polar surface area (TPSA) is 26.0 Å². The molecular formula is C7H15N. The number of hydrogen-bond acceptors (Lipinski definition) is 1. The Morgan fingerprint density at radius 3 is 2.50 bits per heavy atom. The van der Waals surface area contributed by atoms with Crippen LogP contribution < -0.4 is 5.73 Å². The SMILES string of the molecule is CC1(CCCN)CC1. The second-order valence-electron chi connectivity index (χ2n) is 3.20. The van der Waals surface area contributed by atoms with Crippen LogP contribution in [0.25, 0.3) is 0 Å². The van der Waals surface area contributed by atoms with E-state index >= 15 is 0 Å². The zero-order chi connectivity index (χ0) is 6.04. The van der Waals surface area contributed by atoms with Gasteiger partial charge >= 0.3 is 0 Å². The van der Waals surface area contributed by atoms with Gasteiger partial charge in [-0.2, -0.15) is 0 Å². The largest absolute Gasteiger partial charge is 0.330 e. The molecule has 0 saturated heterocycles. The van der Waals surface area contributed by atoms with Crippen molar-refractivity contribution in [2.45, 2.75) is 32.6 Å². The van der Waals surface area contributed by atoms with Crippen molar-refractivity contribution in [1.82, 2.24) is 0 Å². The Hall–Kier alpha value is -0.0400. The Bertz CT molecular complexity index is 74.5. The Morgan fingerprint density at radius 2 is 2.12 bits per heavy atom. The van der Waals surface area contributed by atoms with Crippen molar-refractivity contribution in [3.63, 3.8) is 0 Å². The van der Waals surface area contributed by atoms with Crippen molar-refractivity contribution in [1.29, 1.82) is 0 Å². The monoisotopic (exact) mass is 113 g/mol. The van der Waals surface area contributed by atoms with Crippen molar-refractivity contribution in [3.8, 4) is 0 Å². The third-order valence-electron chi connectivity index (χ3n) is 2.09. The summed E-state index contributed by atoms with van der Waals surface area (Å²) in [6.45, 7) is 3.22. The molecule has 0 amide bonds. The molecule has 0 spiro atoms. The molecule has 0 aliphatic heterocycles. The van der Waals surface area contributed by atoms with E-state index in [1.165, 1.54) is 25.7 Å². The summed E-state index contributed by atoms with van der Waals surface area (Å²) in [5, 5.41) is 0. The molecule has 1 aliphatic carbocycles. The van der Waals surface area contributed by atoms with Gasteiger partial charge in [-0.3, -0.25) is 0 Å². The average Bonchev–Trinajstić information content (AvgIpc) is 2.45. The summed E-state index contributed by atoms with van der Waals surface area (Å²) in [5.74, 6) is 0. The summed E-state index contributed by atoms with van der Waals surface area (Å²) in [4.78, 5) is 0. The molecule has 0 unspecified atom stereocenters. The van der Waals surface area contributed by atoms with Gasteiger partial charge in [0.2, 0.25) is 0 Å². The summed E-state index contributed by atoms with van der Waals surface area (Å²) in [6, 6.07) is 0. The van der Waals surface area contributed by atoms with E-state index in [2.05, 4.69) is 6.92 Å². The lowest BCUT2D eigenvalue weighted by Crippen LogP contribution is -2.02. The van der Waals surface area contributed by atoms with Crippen LogP contribution in [0.4, 0.5) is 0 Å². The van der Waals surface area contributed by atoms with Gasteiger partial charge in [-0.05, 0) is 37.6 Å². The molecule has 0 aromatic carbocycles. The van der Waals surface area contributed by atoms with Gasteiger partial charge in [0.1, 0.15) is 0 Å². The minimum Gasteiger partial charge on any atom is -0.330 e. The van der Waals surface area contributed by atoms with E-state index in [1.54, 1.807) is 0 Å². The predicted octanol–water partition coefficient (Wildman–Crippen LogP) is 1.53. The molecule has 1 rings (SSSR count). The van der Waals surface area contributed by atoms with Crippen molar-refractivity contribution < 1.29 is 0 Å². The normalized spacial score (nSPS) is 23.2. The van der Waals surface area contributed by atoms with Gasteiger partial charge in [0.25, 0.3) is 0 Å². The van der Waals surface area contributed by atoms with E-state index in [1.807, 2.05) is 0 Å². The minimum atomic E-state index is 0.722. The molecule has 1 fully saturated rings. The molecule has 0 aromatic heterocycles. The van der Waals surface area contributed by atoms with Gasteiger partial charge in [0.05, 0.1) is 0 Å². The highest BCUT2D eigenvalue weighted by atomic mass is 14.5. The molecule has 1 heteroatoms. The second-order valence-corrected chi connectivity index (χ2v) is 3.20. The number of nitrogens with two attached hydrogens (primary N) is 1. The van der Waals surface area contributed by atoms with Gasteiger partial charge in [-0.1, -0.05) is 6.92 Å². The van der Waals surface area contributed by atoms with E-state index in [9.17, 15) is 0 Å². The molecular weight excluding hydrogens is 98.1 g/mol. The summed E-state index contributed by atoms with van der Waals surface area (Å²) in [7, 11) is 0. The molecule has 1 nitrogen and oxygen atoms in total. The molecule has 8 heavy (non-hydrogen) atoms. The van der Waals surface area contributed by atoms with Gasteiger partial charge < -0.3 is 5.73 Å². The van der Waals surface area contributed by atoms with Crippen molar-refractivity contribution in [3.05, 3.63) is 0 Å². The summed E-state index contributed by atoms with van der Waals surface area (Å²) < 4.78 is 0. The van der Waals surface area contributed by atoms with Crippen molar-refractivity contribution in [2.24, 2.45) is 11.1 Å². The maximum absolute atomic E-state index is 5.36. The van der Waals surface area contributed by atoms with E-state index in [0.717, 1.165) is 12.0 Å². The zero-order valence-corrected chi connectivity index (χ0v) is 5.61. The maximum Gasteiger partial charge on any atom is -0.00771 e. The lowest BCUT2D eigenvalue weighted by molar-refractivity contribution is 0.499. The van der Waals surface area contributed by atoms with Crippen LogP contribution in [0.1, 0.15) is 32.6 Å². The molecule has 1 aliphatic rings. The summed E-state index contributed by atoms with van der Waals surface area (Å²) >= 11 is 0. The Labute approximate surface area is 51.3 Å². The molecule has 1 saturated carbocycles. The third-order valence-corrected chi connectivity index (χ3v) is 2.09. The summed E-state index contributed by atoms with van der Waals surface area (Å²) in [5.41, 5.74) is 6.09. The van der Waals surface area contributed by atoms with Crippen LogP contribution >= 0.6 is 0 Å². The molecule has 0 aromatic rings. The molecule has 0 atom stereocenters. The van der Waals surface area contributed by atoms with Crippen LogP contribution in [0.5, 0.6) is 0 Å². The van der Waals surface area contributed by atoms with E-state index in [4.69, 9.17) is 5.73 Å². The first-order valence-electron chi connectivity index (χ1n) is 3.47. The lowest BCUT2D eigenvalue weighted by Gasteiger charge is -2.03. The maximum atomic E-state index is 5.36. The quantitative estimate of drug-likeness (QED) is 0.590. The first kappa shape index (κ1) is 6.09. The lowest BCUT2D eigenvalue weighted by atomic mass is 10.0. The van der Waals surface area contributed by atoms with E-state index in [-0.39, 0.29) is 0 Å². The van der Waals surface area contributed by atoms with E-state index < -0.39 is 0 Å².